The molecular formula is C20H29N3O3. The molecule has 6 heteroatoms. The van der Waals surface area contributed by atoms with Crippen molar-refractivity contribution in [3.8, 4) is 0 Å². The summed E-state index contributed by atoms with van der Waals surface area (Å²) in [6.07, 6.45) is 3.24. The molecule has 0 aromatic heterocycles. The van der Waals surface area contributed by atoms with Gasteiger partial charge in [0, 0.05) is 18.9 Å². The molecule has 1 aliphatic carbocycles. The third-order valence-electron chi connectivity index (χ3n) is 5.74. The molecule has 1 aliphatic heterocycles. The van der Waals surface area contributed by atoms with Crippen LogP contribution in [-0.2, 0) is 9.59 Å². The Morgan fingerprint density at radius 1 is 1.19 bits per heavy atom. The zero-order valence-electron chi connectivity index (χ0n) is 15.1. The fourth-order valence-electron chi connectivity index (χ4n) is 3.98. The first-order valence-electron chi connectivity index (χ1n) is 9.57. The van der Waals surface area contributed by atoms with E-state index in [0.717, 1.165) is 44.3 Å². The molecule has 0 radical (unpaired) electrons. The largest absolute Gasteiger partial charge is 0.393 e. The highest BCUT2D eigenvalue weighted by Gasteiger charge is 2.35. The van der Waals surface area contributed by atoms with Crippen LogP contribution in [0.2, 0.25) is 0 Å². The van der Waals surface area contributed by atoms with Crippen LogP contribution in [0.5, 0.6) is 0 Å². The van der Waals surface area contributed by atoms with Gasteiger partial charge in [-0.05, 0) is 50.3 Å². The van der Waals surface area contributed by atoms with Gasteiger partial charge in [0.1, 0.15) is 0 Å². The predicted molar refractivity (Wildman–Crippen MR) is 99.0 cm³/mol. The maximum absolute atomic E-state index is 12.5. The van der Waals surface area contributed by atoms with E-state index in [4.69, 9.17) is 5.73 Å². The average Bonchev–Trinajstić information content (AvgIpc) is 2.63. The van der Waals surface area contributed by atoms with E-state index in [2.05, 4.69) is 10.2 Å². The first kappa shape index (κ1) is 18.9. The van der Waals surface area contributed by atoms with Gasteiger partial charge in [-0.15, -0.1) is 0 Å². The van der Waals surface area contributed by atoms with Crippen molar-refractivity contribution in [2.24, 2.45) is 17.6 Å². The Morgan fingerprint density at radius 2 is 1.85 bits per heavy atom. The van der Waals surface area contributed by atoms with Gasteiger partial charge in [0.15, 0.2) is 0 Å². The van der Waals surface area contributed by atoms with Crippen LogP contribution >= 0.6 is 0 Å². The minimum Gasteiger partial charge on any atom is -0.393 e. The number of nitrogens with one attached hydrogen (secondary N) is 1. The highest BCUT2D eigenvalue weighted by molar-refractivity contribution is 5.77. The minimum absolute atomic E-state index is 0.0208. The maximum Gasteiger partial charge on any atom is 0.221 e. The van der Waals surface area contributed by atoms with Gasteiger partial charge < -0.3 is 21.1 Å². The number of hydrogen-bond donors (Lipinski definition) is 3. The van der Waals surface area contributed by atoms with E-state index in [-0.39, 0.29) is 29.9 Å². The van der Waals surface area contributed by atoms with Crippen LogP contribution < -0.4 is 11.1 Å². The van der Waals surface area contributed by atoms with Gasteiger partial charge in [0.25, 0.3) is 0 Å². The van der Waals surface area contributed by atoms with E-state index in [0.29, 0.717) is 18.9 Å². The Morgan fingerprint density at radius 3 is 2.42 bits per heavy atom. The second-order valence-corrected chi connectivity index (χ2v) is 7.61. The summed E-state index contributed by atoms with van der Waals surface area (Å²) < 4.78 is 0. The van der Waals surface area contributed by atoms with Crippen molar-refractivity contribution in [3.63, 3.8) is 0 Å². The van der Waals surface area contributed by atoms with Gasteiger partial charge in [-0.2, -0.15) is 0 Å². The monoisotopic (exact) mass is 359 g/mol. The summed E-state index contributed by atoms with van der Waals surface area (Å²) in [6, 6.07) is 9.95. The van der Waals surface area contributed by atoms with Crippen molar-refractivity contribution in [3.05, 3.63) is 35.9 Å². The van der Waals surface area contributed by atoms with E-state index < -0.39 is 0 Å². The van der Waals surface area contributed by atoms with Gasteiger partial charge in [-0.3, -0.25) is 9.59 Å². The van der Waals surface area contributed by atoms with Crippen LogP contribution in [0, 0.1) is 11.8 Å². The summed E-state index contributed by atoms with van der Waals surface area (Å²) in [4.78, 5) is 25.9. The maximum atomic E-state index is 12.5. The lowest BCUT2D eigenvalue weighted by molar-refractivity contribution is -0.125. The van der Waals surface area contributed by atoms with Crippen LogP contribution in [-0.4, -0.2) is 47.6 Å². The van der Waals surface area contributed by atoms with Crippen molar-refractivity contribution in [1.29, 1.82) is 0 Å². The second kappa shape index (κ2) is 8.64. The number of rotatable bonds is 7. The summed E-state index contributed by atoms with van der Waals surface area (Å²) in [7, 11) is 0. The number of carbonyl (C=O) groups is 2. The predicted octanol–water partition coefficient (Wildman–Crippen LogP) is 1.20. The number of primary amides is 1. The molecular weight excluding hydrogens is 330 g/mol. The Kier molecular flexibility index (Phi) is 6.27. The number of hydrogen-bond acceptors (Lipinski definition) is 4. The zero-order chi connectivity index (χ0) is 18.5. The first-order valence-corrected chi connectivity index (χ1v) is 9.57. The van der Waals surface area contributed by atoms with Crippen LogP contribution in [0.25, 0.3) is 0 Å². The molecule has 1 aromatic rings. The van der Waals surface area contributed by atoms with Crippen LogP contribution in [0.15, 0.2) is 30.3 Å². The van der Waals surface area contributed by atoms with Crippen molar-refractivity contribution < 1.29 is 14.7 Å². The van der Waals surface area contributed by atoms with Gasteiger partial charge >= 0.3 is 0 Å². The molecule has 1 unspecified atom stereocenters. The Hall–Kier alpha value is -1.92. The third kappa shape index (κ3) is 4.83. The smallest absolute Gasteiger partial charge is 0.221 e. The number of aliphatic hydroxyl groups excluding tert-OH is 1. The summed E-state index contributed by atoms with van der Waals surface area (Å²) in [5.41, 5.74) is 6.46. The fourth-order valence-corrected chi connectivity index (χ4v) is 3.98. The molecule has 2 aliphatic rings. The Labute approximate surface area is 154 Å². The summed E-state index contributed by atoms with van der Waals surface area (Å²) in [5.74, 6) is 0.100. The van der Waals surface area contributed by atoms with E-state index in [1.54, 1.807) is 0 Å². The fraction of sp³-hybridized carbons (Fsp3) is 0.600. The normalized spacial score (nSPS) is 25.3. The lowest BCUT2D eigenvalue weighted by Gasteiger charge is -2.38. The van der Waals surface area contributed by atoms with E-state index in [1.165, 1.54) is 0 Å². The molecule has 0 bridgehead atoms. The molecule has 0 spiro atoms. The molecule has 1 atom stereocenters. The molecule has 1 aromatic carbocycles. The van der Waals surface area contributed by atoms with E-state index in [1.807, 2.05) is 30.3 Å². The highest BCUT2D eigenvalue weighted by Crippen LogP contribution is 2.38. The standard InChI is InChI=1S/C20H29N3O3/c21-20(26)15-6-9-23(10-7-15)11-8-18(25)22-19(16-12-17(24)13-16)14-4-2-1-3-5-14/h1-5,15-17,19,24H,6-13H2,(H2,21,26)(H,22,25). The minimum atomic E-state index is -0.241. The van der Waals surface area contributed by atoms with Gasteiger partial charge in [0.2, 0.25) is 11.8 Å². The molecule has 2 amide bonds. The van der Waals surface area contributed by atoms with E-state index >= 15 is 0 Å². The van der Waals surface area contributed by atoms with Crippen molar-refractivity contribution in [1.82, 2.24) is 10.2 Å². The number of carbonyl (C=O) groups excluding carboxylic acids is 2. The van der Waals surface area contributed by atoms with Crippen LogP contribution in [0.1, 0.15) is 43.7 Å². The number of benzene rings is 1. The molecule has 1 saturated heterocycles. The summed E-state index contributed by atoms with van der Waals surface area (Å²) >= 11 is 0. The summed E-state index contributed by atoms with van der Waals surface area (Å²) in [6.45, 7) is 2.34. The van der Waals surface area contributed by atoms with Crippen LogP contribution in [0.3, 0.4) is 0 Å². The molecule has 4 N–H and O–H groups in total. The topological polar surface area (TPSA) is 95.7 Å². The lowest BCUT2D eigenvalue weighted by Crippen LogP contribution is -2.43. The van der Waals surface area contributed by atoms with E-state index in [9.17, 15) is 14.7 Å². The molecule has 6 nitrogen and oxygen atoms in total. The zero-order valence-corrected chi connectivity index (χ0v) is 15.1. The van der Waals surface area contributed by atoms with Gasteiger partial charge in [-0.1, -0.05) is 30.3 Å². The Bertz CT molecular complexity index is 608. The first-order chi connectivity index (χ1) is 12.5. The summed E-state index contributed by atoms with van der Waals surface area (Å²) in [5, 5.41) is 12.8. The number of likely N-dealkylation sites (tertiary alicyclic amines) is 1. The van der Waals surface area contributed by atoms with Gasteiger partial charge in [-0.25, -0.2) is 0 Å². The van der Waals surface area contributed by atoms with Crippen molar-refractivity contribution in [2.75, 3.05) is 19.6 Å². The number of piperidine rings is 1. The quantitative estimate of drug-likeness (QED) is 0.682. The molecule has 2 fully saturated rings. The molecule has 142 valence electrons. The highest BCUT2D eigenvalue weighted by atomic mass is 16.3. The van der Waals surface area contributed by atoms with Crippen molar-refractivity contribution in [2.45, 2.75) is 44.2 Å². The second-order valence-electron chi connectivity index (χ2n) is 7.61. The number of amides is 2. The number of aliphatic hydroxyl groups is 1. The van der Waals surface area contributed by atoms with Crippen LogP contribution in [0.4, 0.5) is 0 Å². The molecule has 26 heavy (non-hydrogen) atoms. The number of nitrogens with two attached hydrogens (primary N) is 1. The molecule has 1 heterocycles. The third-order valence-corrected chi connectivity index (χ3v) is 5.74. The molecule has 3 rings (SSSR count). The SMILES string of the molecule is NC(=O)C1CCN(CCC(=O)NC(c2ccccc2)C2CC(O)C2)CC1. The van der Waals surface area contributed by atoms with Gasteiger partial charge in [0.05, 0.1) is 12.1 Å². The average molecular weight is 359 g/mol. The molecule has 1 saturated carbocycles. The number of nitrogens with zero attached hydrogens (tertiary/aromatic N) is 1. The Balaban J connectivity index is 1.48. The lowest BCUT2D eigenvalue weighted by atomic mass is 9.75. The van der Waals surface area contributed by atoms with Crippen molar-refractivity contribution >= 4 is 11.8 Å².